The first-order chi connectivity index (χ1) is 9.63. The summed E-state index contributed by atoms with van der Waals surface area (Å²) >= 11 is 3.41. The van der Waals surface area contributed by atoms with Crippen LogP contribution in [0.4, 0.5) is 0 Å². The lowest BCUT2D eigenvalue weighted by molar-refractivity contribution is 0.0922. The van der Waals surface area contributed by atoms with Crippen LogP contribution in [0.25, 0.3) is 0 Å². The van der Waals surface area contributed by atoms with E-state index in [1.807, 2.05) is 6.07 Å². The lowest BCUT2D eigenvalue weighted by Crippen LogP contribution is -2.30. The van der Waals surface area contributed by atoms with Crippen LogP contribution in [0.15, 0.2) is 33.5 Å². The van der Waals surface area contributed by atoms with Gasteiger partial charge in [-0.2, -0.15) is 0 Å². The van der Waals surface area contributed by atoms with Crippen molar-refractivity contribution in [3.05, 3.63) is 46.0 Å². The van der Waals surface area contributed by atoms with E-state index in [1.54, 1.807) is 25.4 Å². The highest BCUT2D eigenvalue weighted by atomic mass is 79.9. The third kappa shape index (κ3) is 2.90. The molecule has 20 heavy (non-hydrogen) atoms. The van der Waals surface area contributed by atoms with Crippen LogP contribution in [0, 0.1) is 12.8 Å². The Hall–Kier alpha value is -1.69. The molecule has 104 valence electrons. The van der Waals surface area contributed by atoms with E-state index in [2.05, 4.69) is 31.4 Å². The van der Waals surface area contributed by atoms with Gasteiger partial charge in [-0.05, 0) is 53.2 Å². The van der Waals surface area contributed by atoms with Crippen molar-refractivity contribution < 1.29 is 9.32 Å². The third-order valence-corrected chi connectivity index (χ3v) is 3.76. The average molecular weight is 336 g/mol. The van der Waals surface area contributed by atoms with E-state index in [0.717, 1.165) is 22.9 Å². The van der Waals surface area contributed by atoms with Gasteiger partial charge in [0.2, 0.25) is 0 Å². The molecule has 1 aliphatic carbocycles. The number of carbonyl (C=O) groups is 1. The van der Waals surface area contributed by atoms with Crippen LogP contribution in [-0.2, 0) is 0 Å². The Morgan fingerprint density at radius 3 is 2.85 bits per heavy atom. The van der Waals surface area contributed by atoms with Crippen LogP contribution in [0.5, 0.6) is 0 Å². The Morgan fingerprint density at radius 2 is 2.25 bits per heavy atom. The normalized spacial score (nSPS) is 15.9. The smallest absolute Gasteiger partial charge is 0.273 e. The second-order valence-corrected chi connectivity index (χ2v) is 5.96. The second kappa shape index (κ2) is 5.36. The fourth-order valence-corrected chi connectivity index (χ4v) is 2.57. The lowest BCUT2D eigenvalue weighted by Gasteiger charge is -2.17. The third-order valence-electron chi connectivity index (χ3n) is 3.33. The van der Waals surface area contributed by atoms with E-state index in [0.29, 0.717) is 17.4 Å². The molecule has 6 heteroatoms. The number of aromatic nitrogens is 2. The molecule has 1 saturated carbocycles. The number of amides is 1. The first kappa shape index (κ1) is 13.3. The van der Waals surface area contributed by atoms with Crippen LogP contribution in [0.1, 0.15) is 40.7 Å². The number of nitrogens with one attached hydrogen (secondary N) is 1. The number of rotatable bonds is 4. The highest BCUT2D eigenvalue weighted by molar-refractivity contribution is 9.10. The molecule has 2 aromatic rings. The number of nitrogens with zero attached hydrogens (tertiary/aromatic N) is 2. The fraction of sp³-hybridized carbons (Fsp3) is 0.357. The first-order valence-corrected chi connectivity index (χ1v) is 7.27. The molecule has 0 radical (unpaired) electrons. The Morgan fingerprint density at radius 1 is 1.45 bits per heavy atom. The highest BCUT2D eigenvalue weighted by Crippen LogP contribution is 2.41. The van der Waals surface area contributed by atoms with Gasteiger partial charge in [-0.3, -0.25) is 9.78 Å². The zero-order valence-electron chi connectivity index (χ0n) is 11.0. The summed E-state index contributed by atoms with van der Waals surface area (Å²) in [6.45, 7) is 1.76. The highest BCUT2D eigenvalue weighted by Gasteiger charge is 2.34. The Balaban J connectivity index is 1.80. The van der Waals surface area contributed by atoms with Gasteiger partial charge in [-0.15, -0.1) is 0 Å². The molecule has 2 aromatic heterocycles. The topological polar surface area (TPSA) is 68.0 Å². The van der Waals surface area contributed by atoms with Gasteiger partial charge in [0, 0.05) is 22.9 Å². The molecule has 1 atom stereocenters. The number of halogens is 1. The standard InChI is InChI=1S/C14H14BrN3O2/c1-8-4-12(18-20-8)14(19)17-13(9-2-3-9)10-5-11(15)7-16-6-10/h4-7,9,13H,2-3H2,1H3,(H,17,19)/t13-/m1/s1. The van der Waals surface area contributed by atoms with Crippen molar-refractivity contribution in [2.24, 2.45) is 5.92 Å². The minimum absolute atomic E-state index is 0.0236. The fourth-order valence-electron chi connectivity index (χ4n) is 2.19. The van der Waals surface area contributed by atoms with E-state index in [4.69, 9.17) is 4.52 Å². The number of hydrogen-bond acceptors (Lipinski definition) is 4. The van der Waals surface area contributed by atoms with E-state index in [1.165, 1.54) is 0 Å². The van der Waals surface area contributed by atoms with Gasteiger partial charge in [0.15, 0.2) is 5.69 Å². The van der Waals surface area contributed by atoms with Crippen molar-refractivity contribution in [3.8, 4) is 0 Å². The van der Waals surface area contributed by atoms with E-state index in [9.17, 15) is 4.79 Å². The van der Waals surface area contributed by atoms with Gasteiger partial charge in [0.05, 0.1) is 6.04 Å². The molecule has 1 N–H and O–H groups in total. The van der Waals surface area contributed by atoms with Gasteiger partial charge in [0.25, 0.3) is 5.91 Å². The predicted molar refractivity (Wildman–Crippen MR) is 76.1 cm³/mol. The molecule has 0 bridgehead atoms. The van der Waals surface area contributed by atoms with Gasteiger partial charge in [-0.25, -0.2) is 0 Å². The minimum Gasteiger partial charge on any atom is -0.361 e. The number of carbonyl (C=O) groups excluding carboxylic acids is 1. The molecule has 1 fully saturated rings. The quantitative estimate of drug-likeness (QED) is 0.932. The number of hydrogen-bond donors (Lipinski definition) is 1. The van der Waals surface area contributed by atoms with Gasteiger partial charge in [-0.1, -0.05) is 5.16 Å². The van der Waals surface area contributed by atoms with Gasteiger partial charge >= 0.3 is 0 Å². The molecular weight excluding hydrogens is 322 g/mol. The van der Waals surface area contributed by atoms with E-state index >= 15 is 0 Å². The Bertz CT molecular complexity index is 637. The van der Waals surface area contributed by atoms with Crippen LogP contribution < -0.4 is 5.32 Å². The molecule has 1 amide bonds. The maximum absolute atomic E-state index is 12.2. The van der Waals surface area contributed by atoms with Crippen molar-refractivity contribution in [3.63, 3.8) is 0 Å². The summed E-state index contributed by atoms with van der Waals surface area (Å²) in [5, 5.41) is 6.78. The van der Waals surface area contributed by atoms with Crippen molar-refractivity contribution in [2.45, 2.75) is 25.8 Å². The van der Waals surface area contributed by atoms with Crippen molar-refractivity contribution in [1.29, 1.82) is 0 Å². The summed E-state index contributed by atoms with van der Waals surface area (Å²) in [7, 11) is 0. The van der Waals surface area contributed by atoms with Crippen molar-refractivity contribution in [2.75, 3.05) is 0 Å². The summed E-state index contributed by atoms with van der Waals surface area (Å²) in [5.41, 5.74) is 1.33. The molecule has 1 aliphatic rings. The Kier molecular flexibility index (Phi) is 3.56. The molecule has 0 spiro atoms. The monoisotopic (exact) mass is 335 g/mol. The number of aryl methyl sites for hydroxylation is 1. The average Bonchev–Trinajstić information content (AvgIpc) is 3.17. The molecule has 2 heterocycles. The second-order valence-electron chi connectivity index (χ2n) is 5.05. The first-order valence-electron chi connectivity index (χ1n) is 6.48. The summed E-state index contributed by atoms with van der Waals surface area (Å²) in [6.07, 6.45) is 5.77. The maximum Gasteiger partial charge on any atom is 0.273 e. The molecule has 3 rings (SSSR count). The SMILES string of the molecule is Cc1cc(C(=O)N[C@@H](c2cncc(Br)c2)C2CC2)no1. The van der Waals surface area contributed by atoms with Gasteiger partial charge < -0.3 is 9.84 Å². The Labute approximate surface area is 124 Å². The number of pyridine rings is 1. The molecular formula is C14H14BrN3O2. The van der Waals surface area contributed by atoms with Crippen LogP contribution in [-0.4, -0.2) is 16.0 Å². The summed E-state index contributed by atoms with van der Waals surface area (Å²) < 4.78 is 5.85. The molecule has 0 aliphatic heterocycles. The summed E-state index contributed by atoms with van der Waals surface area (Å²) in [4.78, 5) is 16.4. The van der Waals surface area contributed by atoms with Crippen LogP contribution in [0.2, 0.25) is 0 Å². The molecule has 5 nitrogen and oxygen atoms in total. The maximum atomic E-state index is 12.2. The molecule has 0 saturated heterocycles. The molecule has 0 aromatic carbocycles. The van der Waals surface area contributed by atoms with Crippen LogP contribution in [0.3, 0.4) is 0 Å². The van der Waals surface area contributed by atoms with Crippen molar-refractivity contribution >= 4 is 21.8 Å². The lowest BCUT2D eigenvalue weighted by atomic mass is 10.0. The zero-order valence-corrected chi connectivity index (χ0v) is 12.6. The van der Waals surface area contributed by atoms with Crippen molar-refractivity contribution in [1.82, 2.24) is 15.5 Å². The molecule has 0 unspecified atom stereocenters. The predicted octanol–water partition coefficient (Wildman–Crippen LogP) is 3.02. The zero-order chi connectivity index (χ0) is 14.1. The van der Waals surface area contributed by atoms with Crippen LogP contribution >= 0.6 is 15.9 Å². The minimum atomic E-state index is -0.210. The largest absolute Gasteiger partial charge is 0.361 e. The van der Waals surface area contributed by atoms with Gasteiger partial charge in [0.1, 0.15) is 5.76 Å². The van der Waals surface area contributed by atoms with E-state index in [-0.39, 0.29) is 11.9 Å². The summed E-state index contributed by atoms with van der Waals surface area (Å²) in [5.74, 6) is 0.893. The van der Waals surface area contributed by atoms with E-state index < -0.39 is 0 Å². The summed E-state index contributed by atoms with van der Waals surface area (Å²) in [6, 6.07) is 3.60.